The van der Waals surface area contributed by atoms with Gasteiger partial charge in [0.1, 0.15) is 19.5 Å². The smallest absolute Gasteiger partial charge is 0.286 e. The first-order valence-electron chi connectivity index (χ1n) is 13.4. The first-order chi connectivity index (χ1) is 16.8. The van der Waals surface area contributed by atoms with E-state index in [9.17, 15) is 9.59 Å². The van der Waals surface area contributed by atoms with E-state index < -0.39 is 0 Å². The van der Waals surface area contributed by atoms with E-state index in [0.717, 1.165) is 32.1 Å². The van der Waals surface area contributed by atoms with Gasteiger partial charge >= 0.3 is 0 Å². The van der Waals surface area contributed by atoms with Gasteiger partial charge in [0.05, 0.1) is 6.61 Å². The van der Waals surface area contributed by atoms with E-state index in [1.807, 2.05) is 7.05 Å². The van der Waals surface area contributed by atoms with Crippen molar-refractivity contribution in [3.8, 4) is 0 Å². The Labute approximate surface area is 218 Å². The molecular weight excluding hydrogens is 452 g/mol. The number of amides is 1. The molecule has 1 N–H and O–H groups in total. The maximum atomic E-state index is 12.7. The summed E-state index contributed by atoms with van der Waals surface area (Å²) in [5.41, 5.74) is 1.42. The summed E-state index contributed by atoms with van der Waals surface area (Å²) in [4.78, 5) is 25.4. The molecule has 3 atom stereocenters. The van der Waals surface area contributed by atoms with E-state index in [-0.39, 0.29) is 28.4 Å². The molecule has 0 aromatic carbocycles. The molecule has 202 valence electrons. The van der Waals surface area contributed by atoms with Gasteiger partial charge in [-0.2, -0.15) is 0 Å². The molecule has 3 unspecified atom stereocenters. The minimum Gasteiger partial charge on any atom is -0.450 e. The number of ether oxygens (including phenoxy) is 2. The lowest BCUT2D eigenvalue weighted by Gasteiger charge is -2.22. The molecule has 36 heavy (non-hydrogen) atoms. The van der Waals surface area contributed by atoms with E-state index in [4.69, 9.17) is 9.47 Å². The van der Waals surface area contributed by atoms with Crippen LogP contribution in [0.15, 0.2) is 35.9 Å². The molecule has 1 fully saturated rings. The van der Waals surface area contributed by atoms with Crippen LogP contribution in [0.1, 0.15) is 79.6 Å². The van der Waals surface area contributed by atoms with Crippen LogP contribution in [-0.2, 0) is 19.1 Å². The van der Waals surface area contributed by atoms with Crippen molar-refractivity contribution >= 4 is 18.4 Å². The summed E-state index contributed by atoms with van der Waals surface area (Å²) in [6.45, 7) is 19.4. The molecular formula is C30H49N2O4+. The van der Waals surface area contributed by atoms with Gasteiger partial charge in [0.15, 0.2) is 11.5 Å². The first kappa shape index (κ1) is 30.0. The quantitative estimate of drug-likeness (QED) is 0.110. The fourth-order valence-electron chi connectivity index (χ4n) is 5.27. The third-order valence-corrected chi connectivity index (χ3v) is 7.81. The average molecular weight is 502 g/mol. The van der Waals surface area contributed by atoms with Crippen molar-refractivity contribution in [2.45, 2.75) is 79.6 Å². The second kappa shape index (κ2) is 12.8. The van der Waals surface area contributed by atoms with Crippen LogP contribution in [0.25, 0.3) is 0 Å². The molecule has 0 heterocycles. The number of allylic oxidation sites excluding steroid dienone is 3. The van der Waals surface area contributed by atoms with Crippen LogP contribution < -0.4 is 5.32 Å². The van der Waals surface area contributed by atoms with Crippen molar-refractivity contribution in [1.82, 2.24) is 5.32 Å². The zero-order chi connectivity index (χ0) is 27.1. The summed E-state index contributed by atoms with van der Waals surface area (Å²) in [5.74, 6) is 1.80. The highest BCUT2D eigenvalue weighted by atomic mass is 16.5. The van der Waals surface area contributed by atoms with Crippen LogP contribution in [0.5, 0.6) is 0 Å². The van der Waals surface area contributed by atoms with Crippen LogP contribution >= 0.6 is 0 Å². The Kier molecular flexibility index (Phi) is 10.7. The molecule has 2 rings (SSSR count). The van der Waals surface area contributed by atoms with Gasteiger partial charge < -0.3 is 14.8 Å². The molecule has 0 radical (unpaired) electrons. The number of rotatable bonds is 14. The Morgan fingerprint density at radius 3 is 2.61 bits per heavy atom. The predicted octanol–water partition coefficient (Wildman–Crippen LogP) is 5.64. The van der Waals surface area contributed by atoms with E-state index in [2.05, 4.69) is 59.3 Å². The predicted molar refractivity (Wildman–Crippen MR) is 146 cm³/mol. The summed E-state index contributed by atoms with van der Waals surface area (Å²) < 4.78 is 12.8. The molecule has 6 nitrogen and oxygen atoms in total. The average Bonchev–Trinajstić information content (AvgIpc) is 3.50. The molecule has 1 saturated carbocycles. The molecule has 1 amide bonds. The van der Waals surface area contributed by atoms with E-state index in [1.54, 1.807) is 17.9 Å². The number of ketones is 1. The molecule has 1 spiro atoms. The molecule has 2 aliphatic rings. The monoisotopic (exact) mass is 501 g/mol. The maximum absolute atomic E-state index is 12.7. The number of hydrogen-bond acceptors (Lipinski definition) is 4. The highest BCUT2D eigenvalue weighted by molar-refractivity contribution is 5.91. The van der Waals surface area contributed by atoms with Gasteiger partial charge in [-0.15, -0.1) is 0 Å². The maximum Gasteiger partial charge on any atom is 0.286 e. The third-order valence-electron chi connectivity index (χ3n) is 7.81. The van der Waals surface area contributed by atoms with Crippen LogP contribution in [0.4, 0.5) is 0 Å². The van der Waals surface area contributed by atoms with Crippen molar-refractivity contribution in [3.05, 3.63) is 35.9 Å². The largest absolute Gasteiger partial charge is 0.450 e. The Balaban J connectivity index is 1.82. The summed E-state index contributed by atoms with van der Waals surface area (Å²) in [6.07, 6.45) is 10.5. The van der Waals surface area contributed by atoms with Gasteiger partial charge in [0.2, 0.25) is 6.20 Å². The van der Waals surface area contributed by atoms with Crippen LogP contribution in [0.2, 0.25) is 0 Å². The molecule has 0 bridgehead atoms. The number of carbonyl (C=O) groups excluding carboxylic acids is 2. The van der Waals surface area contributed by atoms with Crippen molar-refractivity contribution in [3.63, 3.8) is 0 Å². The Morgan fingerprint density at radius 2 is 2.00 bits per heavy atom. The summed E-state index contributed by atoms with van der Waals surface area (Å²) in [6, 6.07) is 0. The van der Waals surface area contributed by atoms with Gasteiger partial charge in [0, 0.05) is 32.4 Å². The number of nitrogens with one attached hydrogen (secondary N) is 1. The molecule has 0 aromatic rings. The number of carbonyl (C=O) groups is 2. The van der Waals surface area contributed by atoms with Crippen LogP contribution in [-0.4, -0.2) is 50.3 Å². The SMILES string of the molecule is C=C(OC(=C[N+](=C)C)C(C)C(C)C)C(=O)NCC1CC12CCC=C(CC(=O)CC(C)(C)COC)CC2. The Bertz CT molecular complexity index is 899. The van der Waals surface area contributed by atoms with E-state index in [1.165, 1.54) is 5.57 Å². The topological polar surface area (TPSA) is 67.6 Å². The minimum atomic E-state index is -0.262. The number of methoxy groups -OCH3 is 1. The molecule has 0 aliphatic heterocycles. The van der Waals surface area contributed by atoms with Gasteiger partial charge in [-0.25, -0.2) is 4.58 Å². The fourth-order valence-corrected chi connectivity index (χ4v) is 5.27. The van der Waals surface area contributed by atoms with Crippen molar-refractivity contribution in [2.24, 2.45) is 28.6 Å². The second-order valence-electron chi connectivity index (χ2n) is 12.2. The fraction of sp³-hybridized carbons (Fsp3) is 0.700. The normalized spacial score (nSPS) is 23.1. The Hall–Kier alpha value is -2.21. The summed E-state index contributed by atoms with van der Waals surface area (Å²) in [5, 5.41) is 3.04. The second-order valence-corrected chi connectivity index (χ2v) is 12.2. The lowest BCUT2D eigenvalue weighted by atomic mass is 9.86. The Morgan fingerprint density at radius 1 is 1.31 bits per heavy atom. The van der Waals surface area contributed by atoms with Gasteiger partial charge in [0.25, 0.3) is 5.91 Å². The number of nitrogens with zero attached hydrogens (tertiary/aromatic N) is 1. The van der Waals surface area contributed by atoms with Gasteiger partial charge in [-0.05, 0) is 54.8 Å². The van der Waals surface area contributed by atoms with Crippen molar-refractivity contribution in [2.75, 3.05) is 27.3 Å². The molecule has 6 heteroatoms. The zero-order valence-corrected chi connectivity index (χ0v) is 23.7. The zero-order valence-electron chi connectivity index (χ0n) is 23.7. The van der Waals surface area contributed by atoms with Crippen molar-refractivity contribution in [1.29, 1.82) is 0 Å². The lowest BCUT2D eigenvalue weighted by molar-refractivity contribution is -0.415. The van der Waals surface area contributed by atoms with E-state index in [0.29, 0.717) is 49.4 Å². The molecule has 0 aromatic heterocycles. The number of Topliss-reactive ketones (excluding diaryl/α,β-unsaturated/α-hetero) is 1. The van der Waals surface area contributed by atoms with E-state index >= 15 is 0 Å². The van der Waals surface area contributed by atoms with Crippen LogP contribution in [0, 0.1) is 28.6 Å². The highest BCUT2D eigenvalue weighted by Crippen LogP contribution is 2.60. The molecule has 2 aliphatic carbocycles. The number of hydrogen-bond donors (Lipinski definition) is 1. The first-order valence-corrected chi connectivity index (χ1v) is 13.4. The third kappa shape index (κ3) is 9.02. The van der Waals surface area contributed by atoms with Crippen molar-refractivity contribution < 1.29 is 23.6 Å². The lowest BCUT2D eigenvalue weighted by Crippen LogP contribution is -2.29. The van der Waals surface area contributed by atoms with Crippen LogP contribution in [0.3, 0.4) is 0 Å². The van der Waals surface area contributed by atoms with Gasteiger partial charge in [-0.1, -0.05) is 52.8 Å². The standard InChI is InChI=1S/C30H48N2O4/c1-21(2)22(3)27(19-32(7)8)36-23(4)28(34)31-18-25-16-30(25)13-10-11-24(12-14-30)15-26(33)17-29(5,6)20-35-9/h11,19,21-22,25H,4,7,10,12-18,20H2,1-3,5-6,8-9H3/p+1. The summed E-state index contributed by atoms with van der Waals surface area (Å²) in [7, 11) is 3.51. The van der Waals surface area contributed by atoms with Gasteiger partial charge in [-0.3, -0.25) is 9.59 Å². The minimum absolute atomic E-state index is 0.116. The molecule has 0 saturated heterocycles. The highest BCUT2D eigenvalue weighted by Gasteiger charge is 2.52. The summed E-state index contributed by atoms with van der Waals surface area (Å²) >= 11 is 0.